The van der Waals surface area contributed by atoms with Crippen LogP contribution in [0.3, 0.4) is 0 Å². The van der Waals surface area contributed by atoms with Crippen molar-refractivity contribution >= 4 is 17.7 Å². The van der Waals surface area contributed by atoms with Gasteiger partial charge in [-0.05, 0) is 55.3 Å². The molecule has 2 aromatic carbocycles. The van der Waals surface area contributed by atoms with Gasteiger partial charge in [0.05, 0.1) is 24.8 Å². The van der Waals surface area contributed by atoms with E-state index < -0.39 is 6.61 Å². The number of hydrogen-bond acceptors (Lipinski definition) is 5. The molecule has 0 saturated carbocycles. The maximum Gasteiger partial charge on any atom is 0.387 e. The van der Waals surface area contributed by atoms with Crippen LogP contribution in [0, 0.1) is 6.92 Å². The lowest BCUT2D eigenvalue weighted by molar-refractivity contribution is -0.0498. The fraction of sp³-hybridized carbons (Fsp3) is 0.364. The van der Waals surface area contributed by atoms with E-state index in [0.29, 0.717) is 12.2 Å². The van der Waals surface area contributed by atoms with Crippen molar-refractivity contribution in [2.45, 2.75) is 33.0 Å². The van der Waals surface area contributed by atoms with Crippen molar-refractivity contribution in [1.29, 1.82) is 0 Å². The molecule has 6 nitrogen and oxygen atoms in total. The Morgan fingerprint density at radius 3 is 2.67 bits per heavy atom. The molecule has 3 rings (SSSR count). The fourth-order valence-corrected chi connectivity index (χ4v) is 3.05. The number of benzene rings is 2. The largest absolute Gasteiger partial charge is 0.496 e. The van der Waals surface area contributed by atoms with Crippen LogP contribution in [0.1, 0.15) is 36.1 Å². The van der Waals surface area contributed by atoms with E-state index >= 15 is 0 Å². The molecule has 0 saturated heterocycles. The Kier molecular flexibility index (Phi) is 6.87. The van der Waals surface area contributed by atoms with Gasteiger partial charge in [0.15, 0.2) is 6.10 Å². The number of methoxy groups -OCH3 is 1. The zero-order valence-electron chi connectivity index (χ0n) is 17.4. The summed E-state index contributed by atoms with van der Waals surface area (Å²) in [5.41, 5.74) is 4.23. The maximum atomic E-state index is 12.3. The van der Waals surface area contributed by atoms with Gasteiger partial charge in [-0.1, -0.05) is 5.16 Å². The third-order valence-electron chi connectivity index (χ3n) is 4.87. The number of hydrogen-bond donors (Lipinski definition) is 0. The lowest BCUT2D eigenvalue weighted by Gasteiger charge is -2.16. The smallest absolute Gasteiger partial charge is 0.387 e. The van der Waals surface area contributed by atoms with Crippen molar-refractivity contribution in [2.24, 2.45) is 10.1 Å². The van der Waals surface area contributed by atoms with Crippen LogP contribution in [0.2, 0.25) is 0 Å². The first-order valence-electron chi connectivity index (χ1n) is 9.62. The Labute approximate surface area is 174 Å². The van der Waals surface area contributed by atoms with Crippen LogP contribution in [0.4, 0.5) is 14.5 Å². The zero-order chi connectivity index (χ0) is 21.7. The summed E-state index contributed by atoms with van der Waals surface area (Å²) in [5, 5.41) is 4.19. The number of aryl methyl sites for hydroxylation is 1. The molecule has 1 aliphatic rings. The average molecular weight is 417 g/mol. The van der Waals surface area contributed by atoms with Gasteiger partial charge in [0.1, 0.15) is 11.5 Å². The maximum absolute atomic E-state index is 12.3. The van der Waals surface area contributed by atoms with Gasteiger partial charge < -0.3 is 19.2 Å². The monoisotopic (exact) mass is 417 g/mol. The molecule has 0 aliphatic carbocycles. The van der Waals surface area contributed by atoms with Gasteiger partial charge in [0.2, 0.25) is 0 Å². The second kappa shape index (κ2) is 9.56. The van der Waals surface area contributed by atoms with E-state index in [4.69, 9.17) is 9.57 Å². The summed E-state index contributed by atoms with van der Waals surface area (Å²) >= 11 is 0. The summed E-state index contributed by atoms with van der Waals surface area (Å²) in [6, 6.07) is 10.2. The number of halogens is 2. The van der Waals surface area contributed by atoms with E-state index in [1.54, 1.807) is 25.6 Å². The molecule has 0 amide bonds. The highest BCUT2D eigenvalue weighted by atomic mass is 19.3. The second-order valence-corrected chi connectivity index (χ2v) is 6.94. The van der Waals surface area contributed by atoms with Gasteiger partial charge in [-0.3, -0.25) is 0 Å². The topological polar surface area (TPSA) is 55.7 Å². The molecule has 160 valence electrons. The molecule has 1 atom stereocenters. The van der Waals surface area contributed by atoms with Crippen LogP contribution in [0.25, 0.3) is 0 Å². The minimum absolute atomic E-state index is 0.104. The number of ether oxygens (including phenoxy) is 2. The van der Waals surface area contributed by atoms with Gasteiger partial charge in [-0.25, -0.2) is 4.99 Å². The first-order valence-corrected chi connectivity index (χ1v) is 9.62. The van der Waals surface area contributed by atoms with Crippen LogP contribution < -0.4 is 9.47 Å². The molecular formula is C22H25F2N3O3. The van der Waals surface area contributed by atoms with E-state index in [0.717, 1.165) is 34.6 Å². The van der Waals surface area contributed by atoms with Crippen molar-refractivity contribution in [2.75, 3.05) is 20.7 Å². The van der Waals surface area contributed by atoms with Crippen LogP contribution in [-0.4, -0.2) is 44.3 Å². The fourth-order valence-electron chi connectivity index (χ4n) is 3.05. The minimum atomic E-state index is -2.85. The summed E-state index contributed by atoms with van der Waals surface area (Å²) in [6.07, 6.45) is 2.02. The lowest BCUT2D eigenvalue weighted by Crippen LogP contribution is -2.14. The molecule has 0 radical (unpaired) electrons. The predicted molar refractivity (Wildman–Crippen MR) is 112 cm³/mol. The minimum Gasteiger partial charge on any atom is -0.496 e. The third kappa shape index (κ3) is 5.06. The first kappa shape index (κ1) is 21.5. The molecule has 0 N–H and O–H groups in total. The van der Waals surface area contributed by atoms with E-state index in [9.17, 15) is 8.78 Å². The van der Waals surface area contributed by atoms with E-state index in [-0.39, 0.29) is 11.9 Å². The SMILES string of the molecule is CCN(C)/C=N\c1cc(OC)c(C2CC(c3ccc(OC(F)F)cc3)=NO2)cc1C. The molecule has 1 heterocycles. The highest BCUT2D eigenvalue weighted by molar-refractivity contribution is 6.01. The van der Waals surface area contributed by atoms with Crippen LogP contribution >= 0.6 is 0 Å². The molecule has 0 spiro atoms. The molecule has 8 heteroatoms. The third-order valence-corrected chi connectivity index (χ3v) is 4.87. The van der Waals surface area contributed by atoms with Gasteiger partial charge in [-0.15, -0.1) is 0 Å². The normalized spacial score (nSPS) is 16.0. The Hall–Kier alpha value is -3.16. The van der Waals surface area contributed by atoms with E-state index in [1.165, 1.54) is 12.1 Å². The average Bonchev–Trinajstić information content (AvgIpc) is 3.22. The predicted octanol–water partition coefficient (Wildman–Crippen LogP) is 5.08. The summed E-state index contributed by atoms with van der Waals surface area (Å²) < 4.78 is 34.6. The summed E-state index contributed by atoms with van der Waals surface area (Å²) in [4.78, 5) is 12.2. The lowest BCUT2D eigenvalue weighted by atomic mass is 9.97. The second-order valence-electron chi connectivity index (χ2n) is 6.94. The molecule has 1 unspecified atom stereocenters. The van der Waals surface area contributed by atoms with Gasteiger partial charge in [0, 0.05) is 31.6 Å². The Morgan fingerprint density at radius 1 is 1.30 bits per heavy atom. The van der Waals surface area contributed by atoms with Crippen molar-refractivity contribution in [3.63, 3.8) is 0 Å². The standard InChI is InChI=1S/C22H25F2N3O3/c1-5-27(3)13-25-18-11-20(28-4)17(10-14(18)2)21-12-19(26-30-21)15-6-8-16(9-7-15)29-22(23)24/h6-11,13,21-22H,5,12H2,1-4H3/b25-13-. The molecule has 0 fully saturated rings. The van der Waals surface area contributed by atoms with Gasteiger partial charge in [-0.2, -0.15) is 8.78 Å². The Balaban J connectivity index is 1.76. The zero-order valence-corrected chi connectivity index (χ0v) is 17.4. The first-order chi connectivity index (χ1) is 14.4. The van der Waals surface area contributed by atoms with Crippen LogP contribution in [-0.2, 0) is 4.84 Å². The number of nitrogens with zero attached hydrogens (tertiary/aromatic N) is 3. The molecule has 2 aromatic rings. The van der Waals surface area contributed by atoms with E-state index in [1.807, 2.05) is 31.0 Å². The van der Waals surface area contributed by atoms with E-state index in [2.05, 4.69) is 21.8 Å². The Bertz CT molecular complexity index is 930. The number of rotatable bonds is 8. The number of oxime groups is 1. The summed E-state index contributed by atoms with van der Waals surface area (Å²) in [7, 11) is 3.57. The van der Waals surface area contributed by atoms with Crippen molar-refractivity contribution in [3.05, 3.63) is 53.1 Å². The summed E-state index contributed by atoms with van der Waals surface area (Å²) in [5.74, 6) is 0.779. The van der Waals surface area contributed by atoms with Gasteiger partial charge >= 0.3 is 6.61 Å². The summed E-state index contributed by atoms with van der Waals surface area (Å²) in [6.45, 7) is 2.05. The molecule has 30 heavy (non-hydrogen) atoms. The Morgan fingerprint density at radius 2 is 2.03 bits per heavy atom. The molecule has 1 aliphatic heterocycles. The highest BCUT2D eigenvalue weighted by Crippen LogP contribution is 2.38. The quantitative estimate of drug-likeness (QED) is 0.444. The van der Waals surface area contributed by atoms with Crippen LogP contribution in [0.15, 0.2) is 46.5 Å². The molecule has 0 aromatic heterocycles. The highest BCUT2D eigenvalue weighted by Gasteiger charge is 2.27. The molecule has 0 bridgehead atoms. The number of alkyl halides is 2. The van der Waals surface area contributed by atoms with Gasteiger partial charge in [0.25, 0.3) is 0 Å². The number of aliphatic imine (C=N–C) groups is 1. The molecular weight excluding hydrogens is 392 g/mol. The van der Waals surface area contributed by atoms with Crippen LogP contribution in [0.5, 0.6) is 11.5 Å². The van der Waals surface area contributed by atoms with Crippen molar-refractivity contribution in [3.8, 4) is 11.5 Å². The van der Waals surface area contributed by atoms with Crippen molar-refractivity contribution < 1.29 is 23.1 Å². The van der Waals surface area contributed by atoms with Crippen molar-refractivity contribution in [1.82, 2.24) is 4.90 Å².